The molecule has 2 fully saturated rings. The van der Waals surface area contributed by atoms with Crippen LogP contribution in [0, 0.1) is 0 Å². The van der Waals surface area contributed by atoms with Crippen molar-refractivity contribution >= 4 is 23.5 Å². The predicted molar refractivity (Wildman–Crippen MR) is 90.2 cm³/mol. The molecule has 0 unspecified atom stereocenters. The second-order valence-corrected chi connectivity index (χ2v) is 7.76. The van der Waals surface area contributed by atoms with Crippen LogP contribution in [0.5, 0.6) is 5.75 Å². The number of likely N-dealkylation sites (tertiary alicyclic amines) is 1. The highest BCUT2D eigenvalue weighted by Crippen LogP contribution is 2.27. The number of nitrogens with zero attached hydrogens (tertiary/aromatic N) is 1. The molecule has 0 radical (unpaired) electrons. The topological polar surface area (TPSA) is 12.5 Å². The van der Waals surface area contributed by atoms with Gasteiger partial charge in [-0.1, -0.05) is 25.1 Å². The number of ether oxygens (including phenoxy) is 1. The van der Waals surface area contributed by atoms with Gasteiger partial charge >= 0.3 is 0 Å². The maximum Gasteiger partial charge on any atom is 0.124 e. The van der Waals surface area contributed by atoms with Gasteiger partial charge in [-0.2, -0.15) is 23.5 Å². The number of benzene rings is 1. The summed E-state index contributed by atoms with van der Waals surface area (Å²) in [7, 11) is 0. The third-order valence-electron chi connectivity index (χ3n) is 4.03. The fourth-order valence-electron chi connectivity index (χ4n) is 2.75. The molecule has 1 aromatic carbocycles. The Balaban J connectivity index is 1.50. The van der Waals surface area contributed by atoms with Gasteiger partial charge in [0.2, 0.25) is 0 Å². The van der Waals surface area contributed by atoms with Crippen LogP contribution in [0.3, 0.4) is 0 Å². The lowest BCUT2D eigenvalue weighted by molar-refractivity contribution is 0.00207. The molecule has 0 atom stereocenters. The normalized spacial score (nSPS) is 22.2. The van der Waals surface area contributed by atoms with Gasteiger partial charge < -0.3 is 4.74 Å². The van der Waals surface area contributed by atoms with Crippen molar-refractivity contribution in [3.05, 3.63) is 29.8 Å². The molecule has 110 valence electrons. The van der Waals surface area contributed by atoms with E-state index in [1.165, 1.54) is 28.6 Å². The van der Waals surface area contributed by atoms with E-state index in [1.54, 1.807) is 0 Å². The summed E-state index contributed by atoms with van der Waals surface area (Å²) in [6.45, 7) is 4.39. The van der Waals surface area contributed by atoms with Gasteiger partial charge in [0.25, 0.3) is 0 Å². The zero-order chi connectivity index (χ0) is 13.8. The van der Waals surface area contributed by atoms with Gasteiger partial charge in [-0.25, -0.2) is 0 Å². The maximum atomic E-state index is 6.17. The van der Waals surface area contributed by atoms with Crippen molar-refractivity contribution < 1.29 is 4.74 Å². The molecule has 2 saturated heterocycles. The summed E-state index contributed by atoms with van der Waals surface area (Å²) in [6.07, 6.45) is 1.43. The van der Waals surface area contributed by atoms with Crippen LogP contribution in [-0.4, -0.2) is 53.1 Å². The van der Waals surface area contributed by atoms with Crippen molar-refractivity contribution in [2.45, 2.75) is 25.5 Å². The predicted octanol–water partition coefficient (Wildman–Crippen LogP) is 3.16. The van der Waals surface area contributed by atoms with Gasteiger partial charge in [-0.15, -0.1) is 0 Å². The Morgan fingerprint density at radius 3 is 2.55 bits per heavy atom. The van der Waals surface area contributed by atoms with Crippen LogP contribution in [0.4, 0.5) is 0 Å². The highest BCUT2D eigenvalue weighted by Gasteiger charge is 2.34. The van der Waals surface area contributed by atoms with E-state index in [-0.39, 0.29) is 0 Å². The van der Waals surface area contributed by atoms with Gasteiger partial charge in [0.1, 0.15) is 11.9 Å². The molecule has 2 nitrogen and oxygen atoms in total. The first-order chi connectivity index (χ1) is 9.86. The summed E-state index contributed by atoms with van der Waals surface area (Å²) in [6, 6.07) is 9.21. The third kappa shape index (κ3) is 3.46. The van der Waals surface area contributed by atoms with E-state index in [9.17, 15) is 0 Å². The molecule has 0 saturated carbocycles. The van der Waals surface area contributed by atoms with E-state index in [2.05, 4.69) is 59.6 Å². The molecule has 2 aliphatic heterocycles. The number of rotatable bonds is 4. The monoisotopic (exact) mass is 309 g/mol. The van der Waals surface area contributed by atoms with E-state index in [1.807, 2.05) is 0 Å². The second-order valence-electron chi connectivity index (χ2n) is 5.46. The average molecular weight is 310 g/mol. The number of hydrogen-bond acceptors (Lipinski definition) is 4. The maximum absolute atomic E-state index is 6.17. The first kappa shape index (κ1) is 14.6. The molecule has 0 aliphatic carbocycles. The molecule has 0 bridgehead atoms. The largest absolute Gasteiger partial charge is 0.487 e. The lowest BCUT2D eigenvalue weighted by Gasteiger charge is -2.43. The van der Waals surface area contributed by atoms with Gasteiger partial charge in [0.15, 0.2) is 0 Å². The van der Waals surface area contributed by atoms with Crippen molar-refractivity contribution in [3.63, 3.8) is 0 Å². The van der Waals surface area contributed by atoms with E-state index in [0.717, 1.165) is 31.3 Å². The number of para-hydroxylation sites is 1. The first-order valence-corrected chi connectivity index (χ1v) is 9.82. The molecule has 4 heteroatoms. The van der Waals surface area contributed by atoms with Gasteiger partial charge in [0, 0.05) is 42.1 Å². The van der Waals surface area contributed by atoms with Gasteiger partial charge in [0.05, 0.1) is 0 Å². The SMILES string of the molecule is CCc1ccccc1OC1CN(C2CSCCSC2)C1. The van der Waals surface area contributed by atoms with Crippen LogP contribution >= 0.6 is 23.5 Å². The van der Waals surface area contributed by atoms with Crippen LogP contribution in [-0.2, 0) is 6.42 Å². The molecule has 0 aromatic heterocycles. The van der Waals surface area contributed by atoms with Crippen molar-refractivity contribution in [2.24, 2.45) is 0 Å². The van der Waals surface area contributed by atoms with Crippen LogP contribution in [0.15, 0.2) is 24.3 Å². The summed E-state index contributed by atoms with van der Waals surface area (Å²) in [5.41, 5.74) is 1.33. The molecule has 1 aromatic rings. The molecule has 2 heterocycles. The quantitative estimate of drug-likeness (QED) is 0.846. The van der Waals surface area contributed by atoms with E-state index < -0.39 is 0 Å². The van der Waals surface area contributed by atoms with Gasteiger partial charge in [-0.3, -0.25) is 4.90 Å². The minimum atomic E-state index is 0.390. The Kier molecular flexibility index (Phi) is 5.19. The minimum absolute atomic E-state index is 0.390. The molecule has 0 amide bonds. The molecule has 3 rings (SSSR count). The zero-order valence-corrected chi connectivity index (χ0v) is 13.7. The first-order valence-electron chi connectivity index (χ1n) is 7.51. The molecule has 2 aliphatic rings. The third-order valence-corrected chi connectivity index (χ3v) is 6.52. The van der Waals surface area contributed by atoms with Crippen LogP contribution in [0.1, 0.15) is 12.5 Å². The van der Waals surface area contributed by atoms with Crippen molar-refractivity contribution in [1.29, 1.82) is 0 Å². The number of thioether (sulfide) groups is 2. The highest BCUT2D eigenvalue weighted by atomic mass is 32.2. The summed E-state index contributed by atoms with van der Waals surface area (Å²) < 4.78 is 6.17. The van der Waals surface area contributed by atoms with Crippen LogP contribution in [0.25, 0.3) is 0 Å². The summed E-state index contributed by atoms with van der Waals surface area (Å²) in [4.78, 5) is 2.60. The van der Waals surface area contributed by atoms with Gasteiger partial charge in [-0.05, 0) is 18.1 Å². The molecule has 20 heavy (non-hydrogen) atoms. The standard InChI is InChI=1S/C16H23NOS2/c1-2-13-5-3-4-6-16(13)18-15-9-17(10-15)14-11-19-7-8-20-12-14/h3-6,14-15H,2,7-12H2,1H3. The Labute approximate surface area is 130 Å². The molecular formula is C16H23NOS2. The number of hydrogen-bond donors (Lipinski definition) is 0. The lowest BCUT2D eigenvalue weighted by Crippen LogP contribution is -2.59. The Bertz CT molecular complexity index is 426. The minimum Gasteiger partial charge on any atom is -0.487 e. The molecule has 0 N–H and O–H groups in total. The van der Waals surface area contributed by atoms with Crippen LogP contribution in [0.2, 0.25) is 0 Å². The second kappa shape index (κ2) is 7.10. The smallest absolute Gasteiger partial charge is 0.124 e. The lowest BCUT2D eigenvalue weighted by atomic mass is 10.1. The Morgan fingerprint density at radius 1 is 1.15 bits per heavy atom. The van der Waals surface area contributed by atoms with E-state index >= 15 is 0 Å². The average Bonchev–Trinajstić information content (AvgIpc) is 2.71. The molecular weight excluding hydrogens is 286 g/mol. The highest BCUT2D eigenvalue weighted by molar-refractivity contribution is 8.03. The van der Waals surface area contributed by atoms with Crippen LogP contribution < -0.4 is 4.74 Å². The van der Waals surface area contributed by atoms with Crippen molar-refractivity contribution in [3.8, 4) is 5.75 Å². The van der Waals surface area contributed by atoms with Crippen molar-refractivity contribution in [2.75, 3.05) is 36.1 Å². The summed E-state index contributed by atoms with van der Waals surface area (Å²) in [5.74, 6) is 6.32. The summed E-state index contributed by atoms with van der Waals surface area (Å²) >= 11 is 4.22. The fraction of sp³-hybridized carbons (Fsp3) is 0.625. The van der Waals surface area contributed by atoms with E-state index in [4.69, 9.17) is 4.74 Å². The fourth-order valence-corrected chi connectivity index (χ4v) is 5.38. The number of aryl methyl sites for hydroxylation is 1. The van der Waals surface area contributed by atoms with Crippen molar-refractivity contribution in [1.82, 2.24) is 4.90 Å². The molecule has 0 spiro atoms. The van der Waals surface area contributed by atoms with E-state index in [0.29, 0.717) is 6.10 Å². The Morgan fingerprint density at radius 2 is 1.85 bits per heavy atom. The zero-order valence-electron chi connectivity index (χ0n) is 12.1. The Hall–Kier alpha value is -0.320. The summed E-state index contributed by atoms with van der Waals surface area (Å²) in [5, 5.41) is 0.